The van der Waals surface area contributed by atoms with Crippen LogP contribution in [0.25, 0.3) is 0 Å². The second kappa shape index (κ2) is 7.83. The van der Waals surface area contributed by atoms with Crippen LogP contribution in [0, 0.1) is 11.8 Å². The highest BCUT2D eigenvalue weighted by Gasteiger charge is 2.04. The van der Waals surface area contributed by atoms with E-state index in [0.717, 1.165) is 16.9 Å². The Labute approximate surface area is 134 Å². The molecule has 0 fully saturated rings. The third-order valence-electron chi connectivity index (χ3n) is 2.76. The van der Waals surface area contributed by atoms with Gasteiger partial charge in [0.15, 0.2) is 0 Å². The Morgan fingerprint density at radius 1 is 1.14 bits per heavy atom. The molecule has 0 unspecified atom stereocenters. The molecule has 2 nitrogen and oxygen atoms in total. The molecule has 0 aliphatic carbocycles. The van der Waals surface area contributed by atoms with Crippen molar-refractivity contribution in [1.82, 2.24) is 0 Å². The van der Waals surface area contributed by atoms with E-state index in [1.165, 1.54) is 0 Å². The SMILES string of the molecule is COc1ccc(OCc2cccc(Cl)c2)c(C#CCCl)c1. The molecule has 0 radical (unpaired) electrons. The highest BCUT2D eigenvalue weighted by molar-refractivity contribution is 6.30. The molecular formula is C17H14Cl2O2. The lowest BCUT2D eigenvalue weighted by molar-refractivity contribution is 0.304. The van der Waals surface area contributed by atoms with Crippen molar-refractivity contribution < 1.29 is 9.47 Å². The van der Waals surface area contributed by atoms with Gasteiger partial charge in [0, 0.05) is 5.02 Å². The summed E-state index contributed by atoms with van der Waals surface area (Å²) in [7, 11) is 1.61. The van der Waals surface area contributed by atoms with Crippen LogP contribution < -0.4 is 9.47 Å². The number of benzene rings is 2. The zero-order chi connectivity index (χ0) is 15.1. The Morgan fingerprint density at radius 3 is 2.71 bits per heavy atom. The van der Waals surface area contributed by atoms with Gasteiger partial charge in [-0.15, -0.1) is 11.6 Å². The highest BCUT2D eigenvalue weighted by Crippen LogP contribution is 2.24. The lowest BCUT2D eigenvalue weighted by Crippen LogP contribution is -1.98. The van der Waals surface area contributed by atoms with E-state index in [2.05, 4.69) is 11.8 Å². The van der Waals surface area contributed by atoms with Crippen LogP contribution in [0.4, 0.5) is 0 Å². The molecule has 0 aliphatic rings. The molecule has 2 rings (SSSR count). The van der Waals surface area contributed by atoms with E-state index < -0.39 is 0 Å². The van der Waals surface area contributed by atoms with Crippen LogP contribution in [0.3, 0.4) is 0 Å². The summed E-state index contributed by atoms with van der Waals surface area (Å²) in [5, 5.41) is 0.688. The Balaban J connectivity index is 2.18. The number of hydrogen-bond donors (Lipinski definition) is 0. The van der Waals surface area contributed by atoms with E-state index in [0.29, 0.717) is 17.4 Å². The molecule has 0 amide bonds. The molecule has 0 bridgehead atoms. The smallest absolute Gasteiger partial charge is 0.135 e. The maximum absolute atomic E-state index is 5.96. The fourth-order valence-corrected chi connectivity index (χ4v) is 2.06. The molecule has 0 atom stereocenters. The zero-order valence-corrected chi connectivity index (χ0v) is 13.0. The molecule has 0 N–H and O–H groups in total. The van der Waals surface area contributed by atoms with Gasteiger partial charge in [0.25, 0.3) is 0 Å². The van der Waals surface area contributed by atoms with Gasteiger partial charge in [-0.1, -0.05) is 35.6 Å². The van der Waals surface area contributed by atoms with Gasteiger partial charge < -0.3 is 9.47 Å². The van der Waals surface area contributed by atoms with Gasteiger partial charge in [0.05, 0.1) is 18.6 Å². The summed E-state index contributed by atoms with van der Waals surface area (Å²) in [6.45, 7) is 0.419. The summed E-state index contributed by atoms with van der Waals surface area (Å²) >= 11 is 11.6. The number of alkyl halides is 1. The quantitative estimate of drug-likeness (QED) is 0.609. The maximum atomic E-state index is 5.96. The molecule has 0 heterocycles. The molecular weight excluding hydrogens is 307 g/mol. The minimum Gasteiger partial charge on any atom is -0.497 e. The number of ether oxygens (including phenoxy) is 2. The molecule has 0 spiro atoms. The van der Waals surface area contributed by atoms with Crippen LogP contribution in [0.15, 0.2) is 42.5 Å². The Bertz CT molecular complexity index is 672. The lowest BCUT2D eigenvalue weighted by atomic mass is 10.2. The molecule has 0 aromatic heterocycles. The number of hydrogen-bond acceptors (Lipinski definition) is 2. The summed E-state index contributed by atoms with van der Waals surface area (Å²) in [6, 6.07) is 13.0. The van der Waals surface area contributed by atoms with E-state index in [4.69, 9.17) is 32.7 Å². The van der Waals surface area contributed by atoms with Gasteiger partial charge >= 0.3 is 0 Å². The van der Waals surface area contributed by atoms with Crippen LogP contribution in [-0.4, -0.2) is 13.0 Å². The van der Waals surface area contributed by atoms with E-state index >= 15 is 0 Å². The number of rotatable bonds is 4. The lowest BCUT2D eigenvalue weighted by Gasteiger charge is -2.10. The molecule has 0 aliphatic heterocycles. The fraction of sp³-hybridized carbons (Fsp3) is 0.176. The van der Waals surface area contributed by atoms with E-state index in [-0.39, 0.29) is 5.88 Å². The van der Waals surface area contributed by atoms with Crippen LogP contribution in [0.2, 0.25) is 5.02 Å². The van der Waals surface area contributed by atoms with Crippen molar-refractivity contribution in [3.8, 4) is 23.3 Å². The normalized spacial score (nSPS) is 9.67. The largest absolute Gasteiger partial charge is 0.497 e. The van der Waals surface area contributed by atoms with Gasteiger partial charge in [-0.3, -0.25) is 0 Å². The predicted molar refractivity (Wildman–Crippen MR) is 86.4 cm³/mol. The van der Waals surface area contributed by atoms with Gasteiger partial charge in [-0.2, -0.15) is 0 Å². The summed E-state index contributed by atoms with van der Waals surface area (Å²) in [5.74, 6) is 7.48. The average molecular weight is 321 g/mol. The summed E-state index contributed by atoms with van der Waals surface area (Å²) in [5.41, 5.74) is 1.74. The molecule has 2 aromatic rings. The van der Waals surface area contributed by atoms with Crippen molar-refractivity contribution in [2.24, 2.45) is 0 Å². The fourth-order valence-electron chi connectivity index (χ4n) is 1.78. The van der Waals surface area contributed by atoms with Crippen molar-refractivity contribution in [3.05, 3.63) is 58.6 Å². The van der Waals surface area contributed by atoms with Gasteiger partial charge in [0.1, 0.15) is 18.1 Å². The second-order valence-electron chi connectivity index (χ2n) is 4.22. The van der Waals surface area contributed by atoms with Gasteiger partial charge in [0.2, 0.25) is 0 Å². The Hall–Kier alpha value is -1.82. The number of methoxy groups -OCH3 is 1. The minimum atomic E-state index is 0.269. The molecule has 4 heteroatoms. The molecule has 2 aromatic carbocycles. The summed E-state index contributed by atoms with van der Waals surface area (Å²) in [6.07, 6.45) is 0. The Morgan fingerprint density at radius 2 is 2.00 bits per heavy atom. The Kier molecular flexibility index (Phi) is 5.80. The summed E-state index contributed by atoms with van der Waals surface area (Å²) < 4.78 is 11.0. The van der Waals surface area contributed by atoms with Crippen LogP contribution in [0.1, 0.15) is 11.1 Å². The average Bonchev–Trinajstić information content (AvgIpc) is 2.51. The molecule has 0 saturated heterocycles. The standard InChI is InChI=1S/C17H14Cl2O2/c1-20-16-7-8-17(14(11-16)5-3-9-18)21-12-13-4-2-6-15(19)10-13/h2,4,6-8,10-11H,9,12H2,1H3. The van der Waals surface area contributed by atoms with E-state index in [9.17, 15) is 0 Å². The second-order valence-corrected chi connectivity index (χ2v) is 4.92. The van der Waals surface area contributed by atoms with Crippen molar-refractivity contribution in [2.45, 2.75) is 6.61 Å². The first-order chi connectivity index (χ1) is 10.2. The first-order valence-electron chi connectivity index (χ1n) is 6.33. The van der Waals surface area contributed by atoms with Crippen molar-refractivity contribution >= 4 is 23.2 Å². The van der Waals surface area contributed by atoms with Crippen LogP contribution >= 0.6 is 23.2 Å². The molecule has 108 valence electrons. The van der Waals surface area contributed by atoms with Gasteiger partial charge in [-0.05, 0) is 35.9 Å². The first-order valence-corrected chi connectivity index (χ1v) is 7.24. The summed E-state index contributed by atoms with van der Waals surface area (Å²) in [4.78, 5) is 0. The minimum absolute atomic E-state index is 0.269. The topological polar surface area (TPSA) is 18.5 Å². The predicted octanol–water partition coefficient (Wildman–Crippen LogP) is 4.52. The van der Waals surface area contributed by atoms with Crippen molar-refractivity contribution in [2.75, 3.05) is 13.0 Å². The molecule has 21 heavy (non-hydrogen) atoms. The monoisotopic (exact) mass is 320 g/mol. The third-order valence-corrected chi connectivity index (χ3v) is 3.13. The number of halogens is 2. The van der Waals surface area contributed by atoms with Gasteiger partial charge in [-0.25, -0.2) is 0 Å². The van der Waals surface area contributed by atoms with Crippen molar-refractivity contribution in [1.29, 1.82) is 0 Å². The maximum Gasteiger partial charge on any atom is 0.135 e. The van der Waals surface area contributed by atoms with Crippen LogP contribution in [0.5, 0.6) is 11.5 Å². The zero-order valence-electron chi connectivity index (χ0n) is 11.5. The van der Waals surface area contributed by atoms with Crippen molar-refractivity contribution in [3.63, 3.8) is 0 Å². The highest BCUT2D eigenvalue weighted by atomic mass is 35.5. The first kappa shape index (κ1) is 15.6. The van der Waals surface area contributed by atoms with E-state index in [1.54, 1.807) is 7.11 Å². The molecule has 0 saturated carbocycles. The third kappa shape index (κ3) is 4.60. The van der Waals surface area contributed by atoms with Crippen LogP contribution in [-0.2, 0) is 6.61 Å². The van der Waals surface area contributed by atoms with E-state index in [1.807, 2.05) is 42.5 Å².